The van der Waals surface area contributed by atoms with Crippen molar-refractivity contribution < 1.29 is 18.0 Å². The van der Waals surface area contributed by atoms with Crippen molar-refractivity contribution in [1.29, 1.82) is 0 Å². The Morgan fingerprint density at radius 3 is 2.55 bits per heavy atom. The van der Waals surface area contributed by atoms with Gasteiger partial charge in [-0.15, -0.1) is 0 Å². The van der Waals surface area contributed by atoms with E-state index in [4.69, 9.17) is 10.3 Å². The Bertz CT molecular complexity index is 664. The van der Waals surface area contributed by atoms with Crippen molar-refractivity contribution >= 4 is 12.2 Å². The number of halogens is 2. The van der Waals surface area contributed by atoms with Crippen molar-refractivity contribution in [2.75, 3.05) is 0 Å². The lowest BCUT2D eigenvalue weighted by Gasteiger charge is -2.34. The molecule has 0 radical (unpaired) electrons. The SMILES string of the molecule is NC1(c2noc(/C=C/c3ccc(OC(F)F)cc3)n2)CCC1. The van der Waals surface area contributed by atoms with E-state index in [0.29, 0.717) is 11.7 Å². The highest BCUT2D eigenvalue weighted by atomic mass is 19.3. The maximum absolute atomic E-state index is 12.0. The van der Waals surface area contributed by atoms with Gasteiger partial charge in [0.2, 0.25) is 0 Å². The number of ether oxygens (including phenoxy) is 1. The average Bonchev–Trinajstić information content (AvgIpc) is 2.93. The first-order valence-corrected chi connectivity index (χ1v) is 6.91. The van der Waals surface area contributed by atoms with Crippen molar-refractivity contribution in [3.63, 3.8) is 0 Å². The molecule has 1 saturated carbocycles. The maximum atomic E-state index is 12.0. The summed E-state index contributed by atoms with van der Waals surface area (Å²) < 4.78 is 33.5. The molecule has 1 aromatic carbocycles. The molecule has 1 aliphatic rings. The van der Waals surface area contributed by atoms with E-state index in [1.807, 2.05) is 0 Å². The molecule has 0 atom stereocenters. The zero-order chi connectivity index (χ0) is 15.6. The first-order valence-electron chi connectivity index (χ1n) is 6.91. The van der Waals surface area contributed by atoms with Gasteiger partial charge in [0.15, 0.2) is 5.82 Å². The molecule has 3 rings (SSSR count). The molecule has 2 N–H and O–H groups in total. The van der Waals surface area contributed by atoms with Crippen LogP contribution in [0.25, 0.3) is 12.2 Å². The molecule has 7 heteroatoms. The zero-order valence-corrected chi connectivity index (χ0v) is 11.7. The summed E-state index contributed by atoms with van der Waals surface area (Å²) in [6.07, 6.45) is 6.20. The fraction of sp³-hybridized carbons (Fsp3) is 0.333. The molecule has 0 unspecified atom stereocenters. The molecule has 116 valence electrons. The van der Waals surface area contributed by atoms with Crippen LogP contribution in [0.3, 0.4) is 0 Å². The highest BCUT2D eigenvalue weighted by molar-refractivity contribution is 5.66. The van der Waals surface area contributed by atoms with Crippen molar-refractivity contribution in [2.24, 2.45) is 5.73 Å². The van der Waals surface area contributed by atoms with Gasteiger partial charge in [0.1, 0.15) is 5.75 Å². The topological polar surface area (TPSA) is 74.2 Å². The number of rotatable bonds is 5. The Hall–Kier alpha value is -2.28. The van der Waals surface area contributed by atoms with Crippen LogP contribution >= 0.6 is 0 Å². The molecule has 0 saturated heterocycles. The normalized spacial score (nSPS) is 16.9. The molecule has 0 spiro atoms. The third kappa shape index (κ3) is 3.14. The number of alkyl halides is 2. The summed E-state index contributed by atoms with van der Waals surface area (Å²) in [6, 6.07) is 6.24. The summed E-state index contributed by atoms with van der Waals surface area (Å²) in [5, 5.41) is 3.90. The lowest BCUT2D eigenvalue weighted by atomic mass is 9.77. The van der Waals surface area contributed by atoms with E-state index in [0.717, 1.165) is 24.8 Å². The summed E-state index contributed by atoms with van der Waals surface area (Å²) in [4.78, 5) is 4.26. The molecule has 1 fully saturated rings. The Labute approximate surface area is 125 Å². The smallest absolute Gasteiger partial charge is 0.387 e. The second kappa shape index (κ2) is 5.84. The standard InChI is InChI=1S/C15H15F2N3O2/c16-14(17)21-11-5-2-10(3-6-11)4-7-12-19-13(20-22-12)15(18)8-1-9-15/h2-7,14H,1,8-9,18H2/b7-4+. The van der Waals surface area contributed by atoms with Crippen LogP contribution in [-0.2, 0) is 5.54 Å². The summed E-state index contributed by atoms with van der Waals surface area (Å²) >= 11 is 0. The van der Waals surface area contributed by atoms with Crippen molar-refractivity contribution in [3.05, 3.63) is 41.5 Å². The summed E-state index contributed by atoms with van der Waals surface area (Å²) in [5.74, 6) is 1.00. The van der Waals surface area contributed by atoms with Gasteiger partial charge in [-0.25, -0.2) is 0 Å². The van der Waals surface area contributed by atoms with Gasteiger partial charge >= 0.3 is 6.61 Å². The van der Waals surface area contributed by atoms with E-state index in [-0.39, 0.29) is 5.75 Å². The van der Waals surface area contributed by atoms with Crippen LogP contribution in [0.5, 0.6) is 5.75 Å². The van der Waals surface area contributed by atoms with E-state index >= 15 is 0 Å². The van der Waals surface area contributed by atoms with Crippen LogP contribution in [0.2, 0.25) is 0 Å². The van der Waals surface area contributed by atoms with Crippen LogP contribution < -0.4 is 10.5 Å². The summed E-state index contributed by atoms with van der Waals surface area (Å²) in [5.41, 5.74) is 6.46. The van der Waals surface area contributed by atoms with Gasteiger partial charge in [-0.2, -0.15) is 13.8 Å². The van der Waals surface area contributed by atoms with Gasteiger partial charge in [-0.3, -0.25) is 0 Å². The van der Waals surface area contributed by atoms with Gasteiger partial charge in [0.25, 0.3) is 5.89 Å². The van der Waals surface area contributed by atoms with Gasteiger partial charge in [-0.1, -0.05) is 17.3 Å². The van der Waals surface area contributed by atoms with Gasteiger partial charge in [0.05, 0.1) is 5.54 Å². The molecular formula is C15H15F2N3O2. The molecule has 5 nitrogen and oxygen atoms in total. The first-order chi connectivity index (χ1) is 10.5. The highest BCUT2D eigenvalue weighted by Gasteiger charge is 2.38. The molecule has 2 aromatic rings. The Balaban J connectivity index is 1.66. The number of nitrogens with zero attached hydrogens (tertiary/aromatic N) is 2. The highest BCUT2D eigenvalue weighted by Crippen LogP contribution is 2.36. The van der Waals surface area contributed by atoms with Crippen LogP contribution in [0.15, 0.2) is 28.8 Å². The fourth-order valence-electron chi connectivity index (χ4n) is 2.21. The molecule has 22 heavy (non-hydrogen) atoms. The molecule has 1 aliphatic carbocycles. The number of hydrogen-bond acceptors (Lipinski definition) is 5. The Morgan fingerprint density at radius 2 is 1.95 bits per heavy atom. The van der Waals surface area contributed by atoms with Gasteiger partial charge in [-0.05, 0) is 43.0 Å². The van der Waals surface area contributed by atoms with E-state index in [1.54, 1.807) is 24.3 Å². The Morgan fingerprint density at radius 1 is 1.23 bits per heavy atom. The fourth-order valence-corrected chi connectivity index (χ4v) is 2.21. The van der Waals surface area contributed by atoms with Crippen LogP contribution in [-0.4, -0.2) is 16.8 Å². The minimum Gasteiger partial charge on any atom is -0.435 e. The average molecular weight is 307 g/mol. The van der Waals surface area contributed by atoms with E-state index in [1.165, 1.54) is 12.1 Å². The predicted octanol–water partition coefficient (Wildman–Crippen LogP) is 3.18. The van der Waals surface area contributed by atoms with Crippen LogP contribution in [0.1, 0.15) is 36.5 Å². The molecule has 0 aliphatic heterocycles. The largest absolute Gasteiger partial charge is 0.435 e. The van der Waals surface area contributed by atoms with Gasteiger partial charge < -0.3 is 15.0 Å². The summed E-state index contributed by atoms with van der Waals surface area (Å²) in [6.45, 7) is -2.83. The van der Waals surface area contributed by atoms with E-state index in [9.17, 15) is 8.78 Å². The quantitative estimate of drug-likeness (QED) is 0.918. The second-order valence-electron chi connectivity index (χ2n) is 5.25. The number of aromatic nitrogens is 2. The first kappa shape index (κ1) is 14.6. The minimum absolute atomic E-state index is 0.113. The lowest BCUT2D eigenvalue weighted by Crippen LogP contribution is -2.44. The molecule has 0 bridgehead atoms. The van der Waals surface area contributed by atoms with Crippen molar-refractivity contribution in [3.8, 4) is 5.75 Å². The number of hydrogen-bond donors (Lipinski definition) is 1. The molecule has 1 aromatic heterocycles. The predicted molar refractivity (Wildman–Crippen MR) is 76.0 cm³/mol. The van der Waals surface area contributed by atoms with Crippen molar-refractivity contribution in [2.45, 2.75) is 31.4 Å². The molecule has 0 amide bonds. The number of nitrogens with two attached hydrogens (primary N) is 1. The second-order valence-corrected chi connectivity index (χ2v) is 5.25. The lowest BCUT2D eigenvalue weighted by molar-refractivity contribution is -0.0498. The third-order valence-corrected chi connectivity index (χ3v) is 3.66. The van der Waals surface area contributed by atoms with Crippen LogP contribution in [0, 0.1) is 0 Å². The molecule has 1 heterocycles. The Kier molecular flexibility index (Phi) is 3.89. The monoisotopic (exact) mass is 307 g/mol. The minimum atomic E-state index is -2.83. The molecular weight excluding hydrogens is 292 g/mol. The third-order valence-electron chi connectivity index (χ3n) is 3.66. The number of benzene rings is 1. The summed E-state index contributed by atoms with van der Waals surface area (Å²) in [7, 11) is 0. The van der Waals surface area contributed by atoms with Crippen LogP contribution in [0.4, 0.5) is 8.78 Å². The van der Waals surface area contributed by atoms with Crippen molar-refractivity contribution in [1.82, 2.24) is 10.1 Å². The van der Waals surface area contributed by atoms with E-state index < -0.39 is 12.2 Å². The maximum Gasteiger partial charge on any atom is 0.387 e. The van der Waals surface area contributed by atoms with Gasteiger partial charge in [0, 0.05) is 6.08 Å². The zero-order valence-electron chi connectivity index (χ0n) is 11.7. The van der Waals surface area contributed by atoms with E-state index in [2.05, 4.69) is 14.9 Å².